The van der Waals surface area contributed by atoms with Gasteiger partial charge >= 0.3 is 23.1 Å². The summed E-state index contributed by atoms with van der Waals surface area (Å²) in [7, 11) is 0. The Morgan fingerprint density at radius 1 is 0.706 bits per heavy atom. The van der Waals surface area contributed by atoms with Crippen molar-refractivity contribution < 1.29 is 0 Å². The third-order valence-electron chi connectivity index (χ3n) is 3.09. The molecular weight excluding hydrogens is 216 g/mol. The van der Waals surface area contributed by atoms with Crippen molar-refractivity contribution >= 4 is 23.1 Å². The summed E-state index contributed by atoms with van der Waals surface area (Å²) >= 11 is 0. The van der Waals surface area contributed by atoms with Crippen LogP contribution in [0.5, 0.6) is 0 Å². The molecule has 0 fully saturated rings. The SMILES string of the molecule is [CH2-]C(CC)CCCC.[CH2-]C(CC)CCCC.[Mg+2]. The van der Waals surface area contributed by atoms with E-state index < -0.39 is 0 Å². The molecular formula is C16H34Mg. The molecule has 2 atom stereocenters. The van der Waals surface area contributed by atoms with Crippen LogP contribution in [0, 0.1) is 25.7 Å². The van der Waals surface area contributed by atoms with E-state index in [0.29, 0.717) is 11.8 Å². The quantitative estimate of drug-likeness (QED) is 0.383. The first-order valence-corrected chi connectivity index (χ1v) is 7.28. The smallest absolute Gasteiger partial charge is 0.340 e. The van der Waals surface area contributed by atoms with E-state index in [0.717, 1.165) is 0 Å². The van der Waals surface area contributed by atoms with Gasteiger partial charge in [0.15, 0.2) is 0 Å². The molecule has 0 heterocycles. The molecule has 0 nitrogen and oxygen atoms in total. The summed E-state index contributed by atoms with van der Waals surface area (Å²) in [6.45, 7) is 16.8. The molecule has 0 N–H and O–H groups in total. The summed E-state index contributed by atoms with van der Waals surface area (Å²) in [6.07, 6.45) is 10.4. The molecule has 0 aromatic carbocycles. The fraction of sp³-hybridized carbons (Fsp3) is 0.875. The van der Waals surface area contributed by atoms with Crippen LogP contribution >= 0.6 is 0 Å². The van der Waals surface area contributed by atoms with Gasteiger partial charge in [-0.3, -0.25) is 0 Å². The van der Waals surface area contributed by atoms with Crippen molar-refractivity contribution in [3.05, 3.63) is 13.8 Å². The first-order chi connectivity index (χ1) is 7.62. The van der Waals surface area contributed by atoms with Crippen LogP contribution in [0.2, 0.25) is 0 Å². The van der Waals surface area contributed by atoms with Gasteiger partial charge in [0.05, 0.1) is 0 Å². The number of hydrogen-bond donors (Lipinski definition) is 0. The van der Waals surface area contributed by atoms with Gasteiger partial charge in [-0.15, -0.1) is 0 Å². The Balaban J connectivity index is -0.000000218. The normalized spacial score (nSPS) is 13.1. The summed E-state index contributed by atoms with van der Waals surface area (Å²) in [5, 5.41) is 0. The summed E-state index contributed by atoms with van der Waals surface area (Å²) in [6, 6.07) is 0. The molecule has 2 unspecified atom stereocenters. The largest absolute Gasteiger partial charge is 2.00 e. The molecule has 0 amide bonds. The molecule has 0 spiro atoms. The van der Waals surface area contributed by atoms with Gasteiger partial charge in [0.25, 0.3) is 0 Å². The molecule has 17 heavy (non-hydrogen) atoms. The third kappa shape index (κ3) is 22.4. The van der Waals surface area contributed by atoms with Crippen LogP contribution in [0.1, 0.15) is 79.1 Å². The minimum Gasteiger partial charge on any atom is -0.340 e. The van der Waals surface area contributed by atoms with Gasteiger partial charge < -0.3 is 13.8 Å². The van der Waals surface area contributed by atoms with Crippen LogP contribution in [0.25, 0.3) is 0 Å². The van der Waals surface area contributed by atoms with Crippen molar-refractivity contribution in [3.63, 3.8) is 0 Å². The van der Waals surface area contributed by atoms with E-state index in [1.54, 1.807) is 0 Å². The van der Waals surface area contributed by atoms with Gasteiger partial charge in [0, 0.05) is 0 Å². The summed E-state index contributed by atoms with van der Waals surface area (Å²) in [5.74, 6) is 1.41. The molecule has 0 radical (unpaired) electrons. The van der Waals surface area contributed by atoms with Crippen LogP contribution < -0.4 is 0 Å². The van der Waals surface area contributed by atoms with Gasteiger partial charge in [-0.25, -0.2) is 0 Å². The summed E-state index contributed by atoms with van der Waals surface area (Å²) < 4.78 is 0. The molecule has 0 aromatic rings. The molecule has 0 saturated heterocycles. The number of unbranched alkanes of at least 4 members (excludes halogenated alkanes) is 2. The Kier molecular flexibility index (Phi) is 25.8. The second kappa shape index (κ2) is 19.1. The average Bonchev–Trinajstić information content (AvgIpc) is 2.33. The van der Waals surface area contributed by atoms with Crippen LogP contribution in [-0.4, -0.2) is 23.1 Å². The predicted molar refractivity (Wildman–Crippen MR) is 83.1 cm³/mol. The molecule has 0 aromatic heterocycles. The van der Waals surface area contributed by atoms with Gasteiger partial charge in [-0.2, -0.15) is 11.8 Å². The number of hydrogen-bond acceptors (Lipinski definition) is 0. The maximum Gasteiger partial charge on any atom is 2.00 e. The minimum absolute atomic E-state index is 0. The van der Waals surface area contributed by atoms with Crippen molar-refractivity contribution in [2.24, 2.45) is 11.8 Å². The average molecular weight is 251 g/mol. The Bertz CT molecular complexity index is 98.1. The van der Waals surface area contributed by atoms with Crippen molar-refractivity contribution in [2.75, 3.05) is 0 Å². The molecule has 100 valence electrons. The molecule has 0 aliphatic rings. The number of rotatable bonds is 8. The summed E-state index contributed by atoms with van der Waals surface area (Å²) in [5.41, 5.74) is 0. The van der Waals surface area contributed by atoms with Crippen LogP contribution in [-0.2, 0) is 0 Å². The minimum atomic E-state index is 0. The Morgan fingerprint density at radius 2 is 1.00 bits per heavy atom. The topological polar surface area (TPSA) is 0 Å². The Morgan fingerprint density at radius 3 is 1.18 bits per heavy atom. The van der Waals surface area contributed by atoms with E-state index in [-0.39, 0.29) is 23.1 Å². The second-order valence-corrected chi connectivity index (χ2v) is 4.83. The predicted octanol–water partition coefficient (Wildman–Crippen LogP) is 5.69. The zero-order valence-electron chi connectivity index (χ0n) is 12.9. The monoisotopic (exact) mass is 250 g/mol. The van der Waals surface area contributed by atoms with E-state index >= 15 is 0 Å². The standard InChI is InChI=1S/2C8H17.Mg/c2*1-4-6-7-8(3)5-2;/h2*8H,3-7H2,1-2H3;/q2*-1;+2. The maximum atomic E-state index is 3.99. The Labute approximate surface area is 127 Å². The van der Waals surface area contributed by atoms with Gasteiger partial charge in [0.2, 0.25) is 0 Å². The zero-order chi connectivity index (χ0) is 12.8. The maximum absolute atomic E-state index is 3.99. The molecule has 0 saturated carbocycles. The van der Waals surface area contributed by atoms with Gasteiger partial charge in [-0.05, 0) is 0 Å². The second-order valence-electron chi connectivity index (χ2n) is 4.83. The van der Waals surface area contributed by atoms with Crippen LogP contribution in [0.15, 0.2) is 0 Å². The van der Waals surface area contributed by atoms with Crippen molar-refractivity contribution in [3.8, 4) is 0 Å². The third-order valence-corrected chi connectivity index (χ3v) is 3.09. The molecule has 1 heteroatoms. The van der Waals surface area contributed by atoms with E-state index in [1.807, 2.05) is 0 Å². The van der Waals surface area contributed by atoms with Crippen molar-refractivity contribution in [2.45, 2.75) is 79.1 Å². The van der Waals surface area contributed by atoms with E-state index in [9.17, 15) is 0 Å². The fourth-order valence-corrected chi connectivity index (χ4v) is 1.39. The zero-order valence-corrected chi connectivity index (χ0v) is 14.3. The fourth-order valence-electron chi connectivity index (χ4n) is 1.39. The molecule has 0 aliphatic heterocycles. The first kappa shape index (κ1) is 22.9. The van der Waals surface area contributed by atoms with E-state index in [1.165, 1.54) is 51.4 Å². The van der Waals surface area contributed by atoms with Crippen molar-refractivity contribution in [1.82, 2.24) is 0 Å². The van der Waals surface area contributed by atoms with Crippen LogP contribution in [0.3, 0.4) is 0 Å². The molecule has 0 bridgehead atoms. The Hall–Kier alpha value is 0.766. The van der Waals surface area contributed by atoms with Gasteiger partial charge in [-0.1, -0.05) is 79.1 Å². The van der Waals surface area contributed by atoms with Gasteiger partial charge in [0.1, 0.15) is 0 Å². The van der Waals surface area contributed by atoms with E-state index in [2.05, 4.69) is 41.5 Å². The first-order valence-electron chi connectivity index (χ1n) is 7.28. The van der Waals surface area contributed by atoms with Crippen LogP contribution in [0.4, 0.5) is 0 Å². The molecule has 0 rings (SSSR count). The van der Waals surface area contributed by atoms with Crippen molar-refractivity contribution in [1.29, 1.82) is 0 Å². The molecule has 0 aliphatic carbocycles. The van der Waals surface area contributed by atoms with E-state index in [4.69, 9.17) is 0 Å². The summed E-state index contributed by atoms with van der Waals surface area (Å²) in [4.78, 5) is 0.